The second kappa shape index (κ2) is 6.23. The van der Waals surface area contributed by atoms with Crippen LogP contribution < -0.4 is 11.1 Å². The summed E-state index contributed by atoms with van der Waals surface area (Å²) in [6.45, 7) is 0.586. The van der Waals surface area contributed by atoms with E-state index in [1.807, 2.05) is 14.1 Å². The van der Waals surface area contributed by atoms with Gasteiger partial charge in [0.1, 0.15) is 4.99 Å². The van der Waals surface area contributed by atoms with Crippen molar-refractivity contribution in [2.45, 2.75) is 31.2 Å². The molecule has 1 fully saturated rings. The molecule has 21 heavy (non-hydrogen) atoms. The Morgan fingerprint density at radius 2 is 1.90 bits per heavy atom. The molecule has 0 unspecified atom stereocenters. The number of hydrogen-bond donors (Lipinski definition) is 2. The Labute approximate surface area is 129 Å². The number of likely N-dealkylation sites (N-methyl/N-ethyl adjacent to an activating group) is 1. The summed E-state index contributed by atoms with van der Waals surface area (Å²) in [5.74, 6) is -1.91. The van der Waals surface area contributed by atoms with Gasteiger partial charge in [-0.15, -0.1) is 0 Å². The molecule has 2 rings (SSSR count). The molecule has 1 aliphatic rings. The van der Waals surface area contributed by atoms with Gasteiger partial charge >= 0.3 is 0 Å². The van der Waals surface area contributed by atoms with Crippen LogP contribution in [0.5, 0.6) is 0 Å². The van der Waals surface area contributed by atoms with Crippen molar-refractivity contribution in [1.29, 1.82) is 0 Å². The molecule has 0 spiro atoms. The fraction of sp³-hybridized carbons (Fsp3) is 0.533. The van der Waals surface area contributed by atoms with Gasteiger partial charge in [0.25, 0.3) is 0 Å². The predicted octanol–water partition coefficient (Wildman–Crippen LogP) is 2.89. The monoisotopic (exact) mass is 313 g/mol. The zero-order valence-electron chi connectivity index (χ0n) is 12.4. The molecule has 3 N–H and O–H groups in total. The highest BCUT2D eigenvalue weighted by Crippen LogP contribution is 2.34. The predicted molar refractivity (Wildman–Crippen MR) is 85.6 cm³/mol. The number of anilines is 1. The highest BCUT2D eigenvalue weighted by atomic mass is 32.1. The van der Waals surface area contributed by atoms with E-state index in [1.165, 1.54) is 12.1 Å². The molecule has 0 aliphatic heterocycles. The fourth-order valence-corrected chi connectivity index (χ4v) is 3.11. The number of nitrogens with two attached hydrogens (primary N) is 1. The van der Waals surface area contributed by atoms with Gasteiger partial charge in [0.2, 0.25) is 0 Å². The van der Waals surface area contributed by atoms with Crippen LogP contribution >= 0.6 is 12.2 Å². The first kappa shape index (κ1) is 16.1. The Hall–Kier alpha value is -1.27. The quantitative estimate of drug-likeness (QED) is 0.820. The van der Waals surface area contributed by atoms with Crippen molar-refractivity contribution in [3.05, 3.63) is 29.3 Å². The minimum Gasteiger partial charge on any atom is -0.389 e. The van der Waals surface area contributed by atoms with E-state index in [0.717, 1.165) is 25.7 Å². The van der Waals surface area contributed by atoms with Crippen LogP contribution in [-0.2, 0) is 0 Å². The maximum atomic E-state index is 14.1. The van der Waals surface area contributed by atoms with Gasteiger partial charge < -0.3 is 16.0 Å². The van der Waals surface area contributed by atoms with Crippen LogP contribution in [0, 0.1) is 11.6 Å². The van der Waals surface area contributed by atoms with Gasteiger partial charge in [0.15, 0.2) is 11.6 Å². The van der Waals surface area contributed by atoms with Crippen molar-refractivity contribution in [1.82, 2.24) is 4.90 Å². The first-order valence-electron chi connectivity index (χ1n) is 7.06. The zero-order chi connectivity index (χ0) is 15.6. The van der Waals surface area contributed by atoms with Gasteiger partial charge in [-0.25, -0.2) is 8.78 Å². The maximum Gasteiger partial charge on any atom is 0.182 e. The number of rotatable bonds is 5. The fourth-order valence-electron chi connectivity index (χ4n) is 2.95. The van der Waals surface area contributed by atoms with E-state index >= 15 is 0 Å². The molecule has 0 atom stereocenters. The molecular weight excluding hydrogens is 292 g/mol. The van der Waals surface area contributed by atoms with Crippen LogP contribution in [0.25, 0.3) is 0 Å². The number of nitrogens with zero attached hydrogens (tertiary/aromatic N) is 1. The molecule has 116 valence electrons. The van der Waals surface area contributed by atoms with Gasteiger partial charge in [-0.3, -0.25) is 0 Å². The Morgan fingerprint density at radius 1 is 1.29 bits per heavy atom. The van der Waals surface area contributed by atoms with E-state index in [-0.39, 0.29) is 21.8 Å². The van der Waals surface area contributed by atoms with E-state index in [2.05, 4.69) is 10.2 Å². The third-order valence-electron chi connectivity index (χ3n) is 4.44. The highest BCUT2D eigenvalue weighted by Gasteiger charge is 2.35. The van der Waals surface area contributed by atoms with Crippen molar-refractivity contribution in [3.8, 4) is 0 Å². The van der Waals surface area contributed by atoms with Crippen molar-refractivity contribution in [2.24, 2.45) is 5.73 Å². The van der Waals surface area contributed by atoms with Crippen LogP contribution in [0.3, 0.4) is 0 Å². The number of halogens is 2. The molecule has 0 saturated heterocycles. The SMILES string of the molecule is CN(C)C1(CNc2ccc(C(N)=S)c(F)c2F)CCCC1. The van der Waals surface area contributed by atoms with E-state index in [1.54, 1.807) is 0 Å². The van der Waals surface area contributed by atoms with Gasteiger partial charge in [0, 0.05) is 17.6 Å². The van der Waals surface area contributed by atoms with Gasteiger partial charge in [-0.05, 0) is 39.1 Å². The Kier molecular flexibility index (Phi) is 4.78. The Morgan fingerprint density at radius 3 is 2.43 bits per heavy atom. The van der Waals surface area contributed by atoms with Crippen molar-refractivity contribution < 1.29 is 8.78 Å². The Balaban J connectivity index is 2.17. The topological polar surface area (TPSA) is 41.3 Å². The largest absolute Gasteiger partial charge is 0.389 e. The van der Waals surface area contributed by atoms with Crippen LogP contribution in [-0.4, -0.2) is 36.1 Å². The number of hydrogen-bond acceptors (Lipinski definition) is 3. The summed E-state index contributed by atoms with van der Waals surface area (Å²) in [4.78, 5) is 2.03. The van der Waals surface area contributed by atoms with Crippen LogP contribution in [0.1, 0.15) is 31.2 Å². The molecule has 1 aliphatic carbocycles. The number of thiocarbonyl (C=S) groups is 1. The Bertz CT molecular complexity index is 540. The van der Waals surface area contributed by atoms with E-state index in [0.29, 0.717) is 6.54 Å². The first-order chi connectivity index (χ1) is 9.87. The maximum absolute atomic E-state index is 14.1. The average molecular weight is 313 g/mol. The van der Waals surface area contributed by atoms with Crippen molar-refractivity contribution in [3.63, 3.8) is 0 Å². The lowest BCUT2D eigenvalue weighted by molar-refractivity contribution is 0.172. The van der Waals surface area contributed by atoms with E-state index in [9.17, 15) is 8.78 Å². The van der Waals surface area contributed by atoms with Crippen LogP contribution in [0.4, 0.5) is 14.5 Å². The normalized spacial score (nSPS) is 17.2. The average Bonchev–Trinajstić information content (AvgIpc) is 2.90. The standard InChI is InChI=1S/C15H21F2N3S/c1-20(2)15(7-3-4-8-15)9-19-11-6-5-10(14(18)21)12(16)13(11)17/h5-6,19H,3-4,7-9H2,1-2H3,(H2,18,21). The molecule has 0 bridgehead atoms. The lowest BCUT2D eigenvalue weighted by atomic mass is 9.96. The number of nitrogens with one attached hydrogen (secondary N) is 1. The number of benzene rings is 1. The summed E-state index contributed by atoms with van der Waals surface area (Å²) in [5.41, 5.74) is 5.46. The molecule has 3 nitrogen and oxygen atoms in total. The minimum atomic E-state index is -0.988. The molecule has 1 saturated carbocycles. The van der Waals surface area contributed by atoms with Gasteiger partial charge in [0.05, 0.1) is 5.69 Å². The second-order valence-electron chi connectivity index (χ2n) is 5.83. The highest BCUT2D eigenvalue weighted by molar-refractivity contribution is 7.80. The van der Waals surface area contributed by atoms with Crippen molar-refractivity contribution >= 4 is 22.9 Å². The lowest BCUT2D eigenvalue weighted by Crippen LogP contribution is -2.47. The zero-order valence-corrected chi connectivity index (χ0v) is 13.2. The molecule has 0 radical (unpaired) electrons. The second-order valence-corrected chi connectivity index (χ2v) is 6.27. The van der Waals surface area contributed by atoms with Gasteiger partial charge in [-0.2, -0.15) is 0 Å². The van der Waals surface area contributed by atoms with Crippen LogP contribution in [0.15, 0.2) is 12.1 Å². The minimum absolute atomic E-state index is 0.00472. The van der Waals surface area contributed by atoms with Gasteiger partial charge in [-0.1, -0.05) is 25.1 Å². The molecular formula is C15H21F2N3S. The summed E-state index contributed by atoms with van der Waals surface area (Å²) in [6.07, 6.45) is 4.44. The first-order valence-corrected chi connectivity index (χ1v) is 7.47. The smallest absolute Gasteiger partial charge is 0.182 e. The van der Waals surface area contributed by atoms with Crippen LogP contribution in [0.2, 0.25) is 0 Å². The molecule has 6 heteroatoms. The lowest BCUT2D eigenvalue weighted by Gasteiger charge is -2.36. The van der Waals surface area contributed by atoms with Crippen molar-refractivity contribution in [2.75, 3.05) is 26.0 Å². The summed E-state index contributed by atoms with van der Waals surface area (Å²) in [5, 5.41) is 3.04. The summed E-state index contributed by atoms with van der Waals surface area (Å²) in [7, 11) is 4.06. The summed E-state index contributed by atoms with van der Waals surface area (Å²) >= 11 is 4.70. The molecule has 0 amide bonds. The molecule has 0 aromatic heterocycles. The summed E-state index contributed by atoms with van der Waals surface area (Å²) in [6, 6.07) is 2.91. The third-order valence-corrected chi connectivity index (χ3v) is 4.66. The molecule has 0 heterocycles. The van der Waals surface area contributed by atoms with E-state index < -0.39 is 11.6 Å². The summed E-state index contributed by atoms with van der Waals surface area (Å²) < 4.78 is 27.9. The molecule has 1 aromatic rings. The molecule has 1 aromatic carbocycles. The van der Waals surface area contributed by atoms with E-state index in [4.69, 9.17) is 18.0 Å². The third kappa shape index (κ3) is 3.16.